The fraction of sp³-hybridized carbons (Fsp3) is 0.111. The zero-order valence-electron chi connectivity index (χ0n) is 7.48. The number of aromatic nitrogens is 1. The van der Waals surface area contributed by atoms with Crippen molar-refractivity contribution >= 4 is 29.2 Å². The monoisotopic (exact) mass is 247 g/mol. The van der Waals surface area contributed by atoms with Crippen LogP contribution in [0, 0.1) is 0 Å². The molecule has 0 bridgehead atoms. The standard InChI is InChI=1S/C9H7Cl2NO3/c10-7(11)4-5-12-6(9(14)15)2-1-3-8(12)13/h1-4H,5H2,(H,14,15). The van der Waals surface area contributed by atoms with Gasteiger partial charge < -0.3 is 5.11 Å². The van der Waals surface area contributed by atoms with Gasteiger partial charge in [-0.05, 0) is 12.1 Å². The van der Waals surface area contributed by atoms with Crippen molar-refractivity contribution in [1.29, 1.82) is 0 Å². The molecular weight excluding hydrogens is 241 g/mol. The first-order chi connectivity index (χ1) is 7.02. The Morgan fingerprint density at radius 3 is 2.67 bits per heavy atom. The van der Waals surface area contributed by atoms with E-state index in [0.29, 0.717) is 0 Å². The molecular formula is C9H7Cl2NO3. The highest BCUT2D eigenvalue weighted by atomic mass is 35.5. The van der Waals surface area contributed by atoms with Crippen molar-refractivity contribution in [2.24, 2.45) is 0 Å². The van der Waals surface area contributed by atoms with Gasteiger partial charge in [-0.25, -0.2) is 4.79 Å². The minimum atomic E-state index is -1.17. The number of aromatic carboxylic acids is 1. The van der Waals surface area contributed by atoms with Crippen LogP contribution in [0.2, 0.25) is 0 Å². The zero-order chi connectivity index (χ0) is 11.4. The number of halogens is 2. The minimum Gasteiger partial charge on any atom is -0.477 e. The zero-order valence-corrected chi connectivity index (χ0v) is 9.00. The molecule has 1 N–H and O–H groups in total. The van der Waals surface area contributed by atoms with Crippen molar-refractivity contribution in [1.82, 2.24) is 4.57 Å². The van der Waals surface area contributed by atoms with Gasteiger partial charge in [0.15, 0.2) is 0 Å². The third-order valence-corrected chi connectivity index (χ3v) is 2.01. The predicted molar refractivity (Wildman–Crippen MR) is 57.5 cm³/mol. The smallest absolute Gasteiger partial charge is 0.352 e. The average Bonchev–Trinajstić information content (AvgIpc) is 2.15. The number of carboxylic acids is 1. The van der Waals surface area contributed by atoms with Gasteiger partial charge in [-0.1, -0.05) is 29.3 Å². The van der Waals surface area contributed by atoms with Gasteiger partial charge in [0.05, 0.1) is 0 Å². The van der Waals surface area contributed by atoms with E-state index in [-0.39, 0.29) is 16.7 Å². The van der Waals surface area contributed by atoms with Crippen LogP contribution >= 0.6 is 23.2 Å². The summed E-state index contributed by atoms with van der Waals surface area (Å²) in [7, 11) is 0. The summed E-state index contributed by atoms with van der Waals surface area (Å²) < 4.78 is 1.05. The van der Waals surface area contributed by atoms with Gasteiger partial charge in [0, 0.05) is 12.6 Å². The lowest BCUT2D eigenvalue weighted by atomic mass is 10.3. The molecule has 6 heteroatoms. The number of carboxylic acid groups (broad SMARTS) is 1. The Labute approximate surface area is 95.4 Å². The Morgan fingerprint density at radius 2 is 2.13 bits per heavy atom. The number of hydrogen-bond acceptors (Lipinski definition) is 2. The first-order valence-corrected chi connectivity index (χ1v) is 4.72. The molecule has 1 aromatic rings. The summed E-state index contributed by atoms with van der Waals surface area (Å²) in [6, 6.07) is 3.98. The third-order valence-electron chi connectivity index (χ3n) is 1.70. The summed E-state index contributed by atoms with van der Waals surface area (Å²) in [5.74, 6) is -1.17. The highest BCUT2D eigenvalue weighted by Crippen LogP contribution is 2.07. The Bertz CT molecular complexity index is 461. The molecule has 1 aromatic heterocycles. The Balaban J connectivity index is 3.20. The molecule has 0 saturated heterocycles. The van der Waals surface area contributed by atoms with Crippen LogP contribution in [0.15, 0.2) is 33.6 Å². The van der Waals surface area contributed by atoms with Gasteiger partial charge in [-0.3, -0.25) is 9.36 Å². The van der Waals surface area contributed by atoms with Crippen LogP contribution in [0.3, 0.4) is 0 Å². The molecule has 15 heavy (non-hydrogen) atoms. The van der Waals surface area contributed by atoms with E-state index in [1.54, 1.807) is 0 Å². The van der Waals surface area contributed by atoms with Gasteiger partial charge in [-0.2, -0.15) is 0 Å². The second-order valence-electron chi connectivity index (χ2n) is 2.66. The number of allylic oxidation sites excluding steroid dienone is 1. The molecule has 1 rings (SSSR count). The van der Waals surface area contributed by atoms with Crippen molar-refractivity contribution in [3.63, 3.8) is 0 Å². The quantitative estimate of drug-likeness (QED) is 0.888. The first-order valence-electron chi connectivity index (χ1n) is 3.96. The van der Waals surface area contributed by atoms with Crippen molar-refractivity contribution < 1.29 is 9.90 Å². The number of hydrogen-bond donors (Lipinski definition) is 1. The van der Waals surface area contributed by atoms with Crippen molar-refractivity contribution in [3.05, 3.63) is 44.8 Å². The lowest BCUT2D eigenvalue weighted by Gasteiger charge is -2.05. The van der Waals surface area contributed by atoms with E-state index in [1.165, 1.54) is 24.3 Å². The Hall–Kier alpha value is -1.26. The predicted octanol–water partition coefficient (Wildman–Crippen LogP) is 1.87. The summed E-state index contributed by atoms with van der Waals surface area (Å²) in [6.07, 6.45) is 1.34. The third kappa shape index (κ3) is 3.11. The van der Waals surface area contributed by atoms with E-state index in [2.05, 4.69) is 0 Å². The maximum absolute atomic E-state index is 11.3. The maximum atomic E-state index is 11.3. The van der Waals surface area contributed by atoms with Gasteiger partial charge in [0.1, 0.15) is 10.2 Å². The van der Waals surface area contributed by atoms with Gasteiger partial charge >= 0.3 is 5.97 Å². The van der Waals surface area contributed by atoms with E-state index in [1.807, 2.05) is 0 Å². The largest absolute Gasteiger partial charge is 0.477 e. The summed E-state index contributed by atoms with van der Waals surface area (Å²) in [6.45, 7) is 0.0314. The van der Waals surface area contributed by atoms with E-state index >= 15 is 0 Å². The van der Waals surface area contributed by atoms with Gasteiger partial charge in [0.25, 0.3) is 5.56 Å². The van der Waals surface area contributed by atoms with Crippen molar-refractivity contribution in [2.75, 3.05) is 0 Å². The molecule has 0 atom stereocenters. The van der Waals surface area contributed by atoms with Crippen LogP contribution < -0.4 is 5.56 Å². The molecule has 0 radical (unpaired) electrons. The molecule has 0 aliphatic carbocycles. The molecule has 1 heterocycles. The van der Waals surface area contributed by atoms with Crippen LogP contribution in [-0.4, -0.2) is 15.6 Å². The summed E-state index contributed by atoms with van der Waals surface area (Å²) in [4.78, 5) is 22.1. The molecule has 0 amide bonds. The summed E-state index contributed by atoms with van der Waals surface area (Å²) in [5.41, 5.74) is -0.519. The van der Waals surface area contributed by atoms with Crippen LogP contribution in [0.25, 0.3) is 0 Å². The fourth-order valence-electron chi connectivity index (χ4n) is 1.06. The van der Waals surface area contributed by atoms with Crippen molar-refractivity contribution in [2.45, 2.75) is 6.54 Å². The number of pyridine rings is 1. The molecule has 80 valence electrons. The average molecular weight is 248 g/mol. The van der Waals surface area contributed by atoms with Crippen molar-refractivity contribution in [3.8, 4) is 0 Å². The molecule has 0 aromatic carbocycles. The SMILES string of the molecule is O=C(O)c1cccc(=O)n1CC=C(Cl)Cl. The summed E-state index contributed by atoms with van der Waals surface area (Å²) >= 11 is 10.8. The second kappa shape index (κ2) is 5.00. The van der Waals surface area contributed by atoms with Crippen LogP contribution in [0.4, 0.5) is 0 Å². The van der Waals surface area contributed by atoms with Gasteiger partial charge in [0.2, 0.25) is 0 Å². The lowest BCUT2D eigenvalue weighted by molar-refractivity contribution is 0.0684. The van der Waals surface area contributed by atoms with Crippen LogP contribution in [0.1, 0.15) is 10.5 Å². The first kappa shape index (κ1) is 11.8. The Morgan fingerprint density at radius 1 is 1.47 bits per heavy atom. The highest BCUT2D eigenvalue weighted by molar-refractivity contribution is 6.55. The maximum Gasteiger partial charge on any atom is 0.352 e. The second-order valence-corrected chi connectivity index (χ2v) is 3.67. The van der Waals surface area contributed by atoms with E-state index < -0.39 is 11.5 Å². The number of carbonyl (C=O) groups is 1. The topological polar surface area (TPSA) is 59.3 Å². The normalized spacial score (nSPS) is 9.73. The highest BCUT2D eigenvalue weighted by Gasteiger charge is 2.08. The van der Waals surface area contributed by atoms with Crippen LogP contribution in [0.5, 0.6) is 0 Å². The molecule has 0 saturated carbocycles. The molecule has 0 aliphatic heterocycles. The molecule has 0 spiro atoms. The lowest BCUT2D eigenvalue weighted by Crippen LogP contribution is -2.24. The molecule has 0 unspecified atom stereocenters. The molecule has 0 fully saturated rings. The summed E-state index contributed by atoms with van der Waals surface area (Å²) in [5, 5.41) is 8.81. The molecule has 0 aliphatic rings. The number of rotatable bonds is 3. The Kier molecular flexibility index (Phi) is 3.94. The van der Waals surface area contributed by atoms with Crippen LogP contribution in [-0.2, 0) is 6.54 Å². The van der Waals surface area contributed by atoms with E-state index in [0.717, 1.165) is 4.57 Å². The van der Waals surface area contributed by atoms with Gasteiger partial charge in [-0.15, -0.1) is 0 Å². The number of nitrogens with zero attached hydrogens (tertiary/aromatic N) is 1. The van der Waals surface area contributed by atoms with E-state index in [9.17, 15) is 9.59 Å². The van der Waals surface area contributed by atoms with E-state index in [4.69, 9.17) is 28.3 Å². The fourth-order valence-corrected chi connectivity index (χ4v) is 1.19. The minimum absolute atomic E-state index is 0.0120. The molecule has 4 nitrogen and oxygen atoms in total.